The molecule has 1 rings (SSSR count). The molecule has 1 nitrogen and oxygen atoms in total. The van der Waals surface area contributed by atoms with Crippen LogP contribution in [0.25, 0.3) is 6.08 Å². The van der Waals surface area contributed by atoms with Gasteiger partial charge >= 0.3 is 0 Å². The number of carbonyl (C=O) groups is 1. The van der Waals surface area contributed by atoms with E-state index in [2.05, 4.69) is 0 Å². The van der Waals surface area contributed by atoms with Crippen LogP contribution in [0.15, 0.2) is 24.3 Å². The molecular formula is C10H8Cl2O. The quantitative estimate of drug-likeness (QED) is 0.689. The summed E-state index contributed by atoms with van der Waals surface area (Å²) in [4.78, 5) is 10.6. The third kappa shape index (κ3) is 3.21. The first kappa shape index (κ1) is 10.3. The lowest BCUT2D eigenvalue weighted by molar-refractivity contribution is -0.112. The van der Waals surface area contributed by atoms with Gasteiger partial charge in [0, 0.05) is 0 Å². The highest BCUT2D eigenvalue weighted by molar-refractivity contribution is 6.42. The molecule has 13 heavy (non-hydrogen) atoms. The summed E-state index contributed by atoms with van der Waals surface area (Å²) >= 11 is 11.5. The molecule has 0 spiro atoms. The number of benzene rings is 1. The van der Waals surface area contributed by atoms with Crippen LogP contribution < -0.4 is 0 Å². The Balaban J connectivity index is 2.92. The summed E-state index contributed by atoms with van der Waals surface area (Å²) in [6.07, 6.45) is 3.18. The summed E-state index contributed by atoms with van der Waals surface area (Å²) in [5.74, 6) is 0.00562. The fourth-order valence-electron chi connectivity index (χ4n) is 0.830. The van der Waals surface area contributed by atoms with Gasteiger partial charge in [-0.25, -0.2) is 0 Å². The maximum atomic E-state index is 10.6. The molecule has 0 N–H and O–H groups in total. The molecule has 68 valence electrons. The average Bonchev–Trinajstić information content (AvgIpc) is 2.07. The first-order valence-corrected chi connectivity index (χ1v) is 4.49. The Morgan fingerprint density at radius 3 is 2.54 bits per heavy atom. The van der Waals surface area contributed by atoms with Crippen LogP contribution >= 0.6 is 23.2 Å². The lowest BCUT2D eigenvalue weighted by Gasteiger charge is -1.96. The van der Waals surface area contributed by atoms with E-state index in [1.807, 2.05) is 0 Å². The number of hydrogen-bond acceptors (Lipinski definition) is 1. The Bertz CT molecular complexity index is 356. The molecule has 1 aromatic rings. The van der Waals surface area contributed by atoms with Gasteiger partial charge in [0.05, 0.1) is 10.0 Å². The van der Waals surface area contributed by atoms with Crippen LogP contribution in [0.1, 0.15) is 12.5 Å². The predicted octanol–water partition coefficient (Wildman–Crippen LogP) is 3.60. The van der Waals surface area contributed by atoms with Crippen LogP contribution in [0.2, 0.25) is 10.0 Å². The molecule has 0 radical (unpaired) electrons. The van der Waals surface area contributed by atoms with Crippen LogP contribution in [-0.4, -0.2) is 5.78 Å². The normalized spacial score (nSPS) is 10.7. The van der Waals surface area contributed by atoms with E-state index in [1.54, 1.807) is 24.3 Å². The Hall–Kier alpha value is -0.790. The second-order valence-electron chi connectivity index (χ2n) is 2.62. The van der Waals surface area contributed by atoms with Crippen molar-refractivity contribution in [1.82, 2.24) is 0 Å². The molecular weight excluding hydrogens is 207 g/mol. The monoisotopic (exact) mass is 214 g/mol. The molecule has 1 aromatic carbocycles. The van der Waals surface area contributed by atoms with Crippen molar-refractivity contribution in [3.05, 3.63) is 39.9 Å². The molecule has 0 atom stereocenters. The second-order valence-corrected chi connectivity index (χ2v) is 3.43. The maximum absolute atomic E-state index is 10.6. The van der Waals surface area contributed by atoms with Gasteiger partial charge in [0.25, 0.3) is 0 Å². The smallest absolute Gasteiger partial charge is 0.152 e. The van der Waals surface area contributed by atoms with Gasteiger partial charge in [-0.3, -0.25) is 4.79 Å². The second kappa shape index (κ2) is 4.45. The van der Waals surface area contributed by atoms with Crippen LogP contribution in [0.4, 0.5) is 0 Å². The molecule has 0 aliphatic heterocycles. The van der Waals surface area contributed by atoms with E-state index in [0.717, 1.165) is 5.56 Å². The first-order chi connectivity index (χ1) is 6.09. The van der Waals surface area contributed by atoms with E-state index in [4.69, 9.17) is 23.2 Å². The van der Waals surface area contributed by atoms with Gasteiger partial charge in [-0.2, -0.15) is 0 Å². The van der Waals surface area contributed by atoms with Crippen molar-refractivity contribution in [2.24, 2.45) is 0 Å². The zero-order chi connectivity index (χ0) is 9.84. The molecule has 0 aromatic heterocycles. The van der Waals surface area contributed by atoms with Gasteiger partial charge in [-0.05, 0) is 30.7 Å². The Morgan fingerprint density at radius 1 is 1.31 bits per heavy atom. The van der Waals surface area contributed by atoms with Gasteiger partial charge in [0.15, 0.2) is 5.78 Å². The van der Waals surface area contributed by atoms with Gasteiger partial charge < -0.3 is 0 Å². The molecule has 0 fully saturated rings. The van der Waals surface area contributed by atoms with E-state index in [0.29, 0.717) is 10.0 Å². The van der Waals surface area contributed by atoms with Crippen molar-refractivity contribution < 1.29 is 4.79 Å². The minimum Gasteiger partial charge on any atom is -0.295 e. The number of allylic oxidation sites excluding steroid dienone is 1. The molecule has 0 saturated heterocycles. The van der Waals surface area contributed by atoms with Gasteiger partial charge in [-0.15, -0.1) is 0 Å². The highest BCUT2D eigenvalue weighted by Gasteiger charge is 1.96. The summed E-state index contributed by atoms with van der Waals surface area (Å²) in [7, 11) is 0. The van der Waals surface area contributed by atoms with E-state index in [-0.39, 0.29) is 5.78 Å². The largest absolute Gasteiger partial charge is 0.295 e. The first-order valence-electron chi connectivity index (χ1n) is 3.73. The highest BCUT2D eigenvalue weighted by Crippen LogP contribution is 2.22. The Labute approximate surface area is 87.0 Å². The zero-order valence-electron chi connectivity index (χ0n) is 7.05. The molecule has 0 amide bonds. The highest BCUT2D eigenvalue weighted by atomic mass is 35.5. The number of rotatable bonds is 2. The van der Waals surface area contributed by atoms with Crippen molar-refractivity contribution in [2.45, 2.75) is 6.92 Å². The van der Waals surface area contributed by atoms with Gasteiger partial charge in [0.1, 0.15) is 0 Å². The van der Waals surface area contributed by atoms with E-state index >= 15 is 0 Å². The van der Waals surface area contributed by atoms with Crippen molar-refractivity contribution in [2.75, 3.05) is 0 Å². The molecule has 0 saturated carbocycles. The Morgan fingerprint density at radius 2 is 2.00 bits per heavy atom. The van der Waals surface area contributed by atoms with Crippen LogP contribution in [-0.2, 0) is 4.79 Å². The number of ketones is 1. The summed E-state index contributed by atoms with van der Waals surface area (Å²) < 4.78 is 0. The van der Waals surface area contributed by atoms with Crippen LogP contribution in [0.5, 0.6) is 0 Å². The lowest BCUT2D eigenvalue weighted by Crippen LogP contribution is -1.80. The van der Waals surface area contributed by atoms with Crippen molar-refractivity contribution in [3.63, 3.8) is 0 Å². The van der Waals surface area contributed by atoms with E-state index in [1.165, 1.54) is 13.0 Å². The molecule has 0 heterocycles. The standard InChI is InChI=1S/C10H8Cl2O/c1-7(13)2-3-8-4-5-9(11)10(12)6-8/h2-6H,1H3. The summed E-state index contributed by atoms with van der Waals surface area (Å²) in [6.45, 7) is 1.49. The predicted molar refractivity (Wildman–Crippen MR) is 56.2 cm³/mol. The minimum absolute atomic E-state index is 0.00562. The average molecular weight is 215 g/mol. The number of carbonyl (C=O) groups excluding carboxylic acids is 1. The third-order valence-corrected chi connectivity index (χ3v) is 2.19. The summed E-state index contributed by atoms with van der Waals surface area (Å²) in [5.41, 5.74) is 0.865. The summed E-state index contributed by atoms with van der Waals surface area (Å²) in [5, 5.41) is 1.01. The van der Waals surface area contributed by atoms with Crippen molar-refractivity contribution in [3.8, 4) is 0 Å². The van der Waals surface area contributed by atoms with Gasteiger partial charge in [-0.1, -0.05) is 35.3 Å². The molecule has 3 heteroatoms. The molecule has 0 aliphatic carbocycles. The molecule has 0 aliphatic rings. The summed E-state index contributed by atoms with van der Waals surface area (Å²) in [6, 6.07) is 5.21. The fourth-order valence-corrected chi connectivity index (χ4v) is 1.14. The van der Waals surface area contributed by atoms with Gasteiger partial charge in [0.2, 0.25) is 0 Å². The zero-order valence-corrected chi connectivity index (χ0v) is 8.56. The van der Waals surface area contributed by atoms with E-state index < -0.39 is 0 Å². The van der Waals surface area contributed by atoms with Crippen LogP contribution in [0, 0.1) is 0 Å². The Kier molecular flexibility index (Phi) is 3.52. The minimum atomic E-state index is 0.00562. The maximum Gasteiger partial charge on any atom is 0.152 e. The van der Waals surface area contributed by atoms with Crippen molar-refractivity contribution in [1.29, 1.82) is 0 Å². The number of halogens is 2. The van der Waals surface area contributed by atoms with E-state index in [9.17, 15) is 4.79 Å². The molecule has 0 unspecified atom stereocenters. The lowest BCUT2D eigenvalue weighted by atomic mass is 10.2. The third-order valence-electron chi connectivity index (χ3n) is 1.45. The van der Waals surface area contributed by atoms with Crippen molar-refractivity contribution >= 4 is 35.1 Å². The molecule has 0 bridgehead atoms. The number of hydrogen-bond donors (Lipinski definition) is 0. The van der Waals surface area contributed by atoms with Crippen LogP contribution in [0.3, 0.4) is 0 Å². The SMILES string of the molecule is CC(=O)C=Cc1ccc(Cl)c(Cl)c1. The topological polar surface area (TPSA) is 17.1 Å². The fraction of sp³-hybridized carbons (Fsp3) is 0.100.